The molecule has 27 heavy (non-hydrogen) atoms. The number of hydrogen-bond acceptors (Lipinski definition) is 6. The van der Waals surface area contributed by atoms with E-state index in [9.17, 15) is 0 Å². The highest BCUT2D eigenvalue weighted by Crippen LogP contribution is 2.21. The minimum Gasteiger partial charge on any atom is -0.395 e. The Balaban J connectivity index is 0.00000326. The van der Waals surface area contributed by atoms with Crippen molar-refractivity contribution >= 4 is 55.0 Å². The van der Waals surface area contributed by atoms with Crippen LogP contribution in [0.15, 0.2) is 46.1 Å². The molecule has 1 unspecified atom stereocenters. The predicted octanol–water partition coefficient (Wildman–Crippen LogP) is 3.47. The molecule has 0 saturated heterocycles. The van der Waals surface area contributed by atoms with Crippen molar-refractivity contribution in [2.75, 3.05) is 48.9 Å². The van der Waals surface area contributed by atoms with Crippen molar-refractivity contribution in [3.8, 4) is 0 Å². The molecule has 0 bridgehead atoms. The average Bonchev–Trinajstić information content (AvgIpc) is 2.71. The molecule has 6 nitrogen and oxygen atoms in total. The van der Waals surface area contributed by atoms with Gasteiger partial charge in [-0.25, -0.2) is 0 Å². The van der Waals surface area contributed by atoms with Gasteiger partial charge in [0.15, 0.2) is 0 Å². The van der Waals surface area contributed by atoms with E-state index in [2.05, 4.69) is 53.6 Å². The third-order valence-corrected chi connectivity index (χ3v) is 4.65. The molecule has 0 aliphatic heterocycles. The van der Waals surface area contributed by atoms with E-state index >= 15 is 0 Å². The maximum absolute atomic E-state index is 9.09. The first-order valence-electron chi connectivity index (χ1n) is 8.76. The number of nitrogens with two attached hydrogens (primary N) is 1. The highest BCUT2D eigenvalue weighted by molar-refractivity contribution is 9.09. The molecule has 0 amide bonds. The molecule has 0 aliphatic carbocycles. The zero-order chi connectivity index (χ0) is 20.3. The number of thioether (sulfide) groups is 1. The maximum Gasteiger partial charge on any atom is 0.118 e. The molecule has 4 N–H and O–H groups in total. The first-order valence-corrected chi connectivity index (χ1v) is 12.4. The van der Waals surface area contributed by atoms with Crippen LogP contribution in [-0.4, -0.2) is 59.6 Å². The molecule has 0 heterocycles. The third-order valence-electron chi connectivity index (χ3n) is 3.29. The summed E-state index contributed by atoms with van der Waals surface area (Å²) in [4.78, 5) is 1.93. The fourth-order valence-electron chi connectivity index (χ4n) is 2.02. The number of nitrogens with zero attached hydrogens (tertiary/aromatic N) is 3. The Kier molecular flexibility index (Phi) is 18.6. The molecule has 1 atom stereocenters. The molecule has 9 heteroatoms. The van der Waals surface area contributed by atoms with Gasteiger partial charge in [0.25, 0.3) is 0 Å². The van der Waals surface area contributed by atoms with Gasteiger partial charge < -0.3 is 20.4 Å². The number of quaternary nitrogens is 1. The molecule has 0 fully saturated rings. The SMILES string of the molecule is CBr.CC(N=Nc1ccc(N(CCO)CCO)cc1)S/C=C\[NH2+]CCCBr. The molecule has 0 radical (unpaired) electrons. The van der Waals surface area contributed by atoms with E-state index in [0.717, 1.165) is 29.7 Å². The number of aliphatic hydroxyl groups excluding tert-OH is 2. The van der Waals surface area contributed by atoms with Crippen LogP contribution in [0.3, 0.4) is 0 Å². The van der Waals surface area contributed by atoms with Gasteiger partial charge in [-0.05, 0) is 37.0 Å². The van der Waals surface area contributed by atoms with Crippen LogP contribution in [0.1, 0.15) is 13.3 Å². The minimum absolute atomic E-state index is 0.0528. The molecule has 1 aromatic carbocycles. The van der Waals surface area contributed by atoms with Crippen LogP contribution in [0.25, 0.3) is 0 Å². The summed E-state index contributed by atoms with van der Waals surface area (Å²) in [6.45, 7) is 4.18. The van der Waals surface area contributed by atoms with Crippen LogP contribution < -0.4 is 10.2 Å². The van der Waals surface area contributed by atoms with Crippen LogP contribution in [-0.2, 0) is 0 Å². The van der Waals surface area contributed by atoms with Crippen molar-refractivity contribution in [3.63, 3.8) is 0 Å². The smallest absolute Gasteiger partial charge is 0.118 e. The topological polar surface area (TPSA) is 85.0 Å². The number of alkyl halides is 2. The third kappa shape index (κ3) is 13.4. The second kappa shape index (κ2) is 18.9. The Morgan fingerprint density at radius 2 is 1.81 bits per heavy atom. The van der Waals surface area contributed by atoms with E-state index in [0.29, 0.717) is 13.1 Å². The molecule has 0 spiro atoms. The van der Waals surface area contributed by atoms with E-state index in [-0.39, 0.29) is 18.6 Å². The lowest BCUT2D eigenvalue weighted by atomic mass is 10.2. The van der Waals surface area contributed by atoms with Crippen LogP contribution in [0.4, 0.5) is 11.4 Å². The van der Waals surface area contributed by atoms with Crippen molar-refractivity contribution in [1.29, 1.82) is 0 Å². The Morgan fingerprint density at radius 3 is 2.37 bits per heavy atom. The number of rotatable bonds is 13. The second-order valence-electron chi connectivity index (χ2n) is 5.30. The minimum atomic E-state index is 0.0528. The van der Waals surface area contributed by atoms with Crippen LogP contribution in [0.5, 0.6) is 0 Å². The Morgan fingerprint density at radius 1 is 1.19 bits per heavy atom. The predicted molar refractivity (Wildman–Crippen MR) is 124 cm³/mol. The summed E-state index contributed by atoms with van der Waals surface area (Å²) in [5.74, 6) is 1.81. The van der Waals surface area contributed by atoms with Crippen molar-refractivity contribution in [1.82, 2.24) is 0 Å². The monoisotopic (exact) mass is 525 g/mol. The summed E-state index contributed by atoms with van der Waals surface area (Å²) in [5, 5.41) is 32.0. The molecular weight excluding hydrogens is 496 g/mol. The summed E-state index contributed by atoms with van der Waals surface area (Å²) in [5.41, 5.74) is 1.74. The van der Waals surface area contributed by atoms with Gasteiger partial charge in [-0.3, -0.25) is 0 Å². The second-order valence-corrected chi connectivity index (χ2v) is 7.32. The number of halogens is 2. The van der Waals surface area contributed by atoms with Crippen molar-refractivity contribution < 1.29 is 15.5 Å². The van der Waals surface area contributed by atoms with Gasteiger partial charge in [0.05, 0.1) is 31.6 Å². The fraction of sp³-hybridized carbons (Fsp3) is 0.556. The van der Waals surface area contributed by atoms with Gasteiger partial charge in [0.2, 0.25) is 0 Å². The Labute approximate surface area is 183 Å². The zero-order valence-corrected chi connectivity index (χ0v) is 20.0. The van der Waals surface area contributed by atoms with Gasteiger partial charge in [-0.2, -0.15) is 10.2 Å². The van der Waals surface area contributed by atoms with E-state index < -0.39 is 0 Å². The highest BCUT2D eigenvalue weighted by Gasteiger charge is 2.05. The highest BCUT2D eigenvalue weighted by atomic mass is 79.9. The summed E-state index contributed by atoms with van der Waals surface area (Å²) in [7, 11) is 0. The number of hydrogen-bond donors (Lipinski definition) is 3. The first kappa shape index (κ1) is 26.6. The van der Waals surface area contributed by atoms with Gasteiger partial charge >= 0.3 is 0 Å². The summed E-state index contributed by atoms with van der Waals surface area (Å²) in [6.07, 6.45) is 3.21. The number of aliphatic hydroxyl groups is 2. The van der Waals surface area contributed by atoms with E-state index in [1.54, 1.807) is 11.8 Å². The average molecular weight is 527 g/mol. The fourth-order valence-corrected chi connectivity index (χ4v) is 2.88. The van der Waals surface area contributed by atoms with Crippen LogP contribution in [0.2, 0.25) is 0 Å². The molecule has 0 aromatic heterocycles. The quantitative estimate of drug-likeness (QED) is 0.209. The molecule has 154 valence electrons. The number of anilines is 1. The van der Waals surface area contributed by atoms with Gasteiger partial charge in [0, 0.05) is 35.9 Å². The summed E-state index contributed by atoms with van der Waals surface area (Å²) >= 11 is 7.98. The summed E-state index contributed by atoms with van der Waals surface area (Å²) < 4.78 is 0. The molecule has 0 aliphatic rings. The standard InChI is InChI=1S/C17H27BrN4O2S.CH3Br/c1-15(25-14-9-19-8-2-7-18)20-21-16-3-5-17(6-4-16)22(10-12-23)11-13-24;1-2/h3-6,9,14-15,19,23-24H,2,7-8,10-13H2,1H3;1H3/p+1/b14-9-,21-20?;. The number of azo groups is 1. The lowest BCUT2D eigenvalue weighted by Crippen LogP contribution is -2.78. The first-order chi connectivity index (χ1) is 13.2. The molecule has 1 aromatic rings. The van der Waals surface area contributed by atoms with Gasteiger partial charge in [0.1, 0.15) is 5.37 Å². The molecule has 0 saturated carbocycles. The van der Waals surface area contributed by atoms with Crippen molar-refractivity contribution in [3.05, 3.63) is 35.9 Å². The van der Waals surface area contributed by atoms with E-state index in [1.165, 1.54) is 0 Å². The normalized spacial score (nSPS) is 12.2. The van der Waals surface area contributed by atoms with Crippen LogP contribution >= 0.6 is 43.6 Å². The molecule has 1 rings (SSSR count). The maximum atomic E-state index is 9.09. The largest absolute Gasteiger partial charge is 0.395 e. The van der Waals surface area contributed by atoms with E-state index in [1.807, 2.05) is 47.3 Å². The Bertz CT molecular complexity index is 513. The lowest BCUT2D eigenvalue weighted by Gasteiger charge is -2.22. The van der Waals surface area contributed by atoms with Gasteiger partial charge in [-0.1, -0.05) is 43.6 Å². The van der Waals surface area contributed by atoms with Gasteiger partial charge in [-0.15, -0.1) is 0 Å². The Hall–Kier alpha value is -0.450. The van der Waals surface area contributed by atoms with Crippen LogP contribution in [0, 0.1) is 0 Å². The lowest BCUT2D eigenvalue weighted by molar-refractivity contribution is -0.587. The van der Waals surface area contributed by atoms with Crippen molar-refractivity contribution in [2.24, 2.45) is 10.2 Å². The zero-order valence-electron chi connectivity index (χ0n) is 16.0. The van der Waals surface area contributed by atoms with Crippen molar-refractivity contribution in [2.45, 2.75) is 18.7 Å². The summed E-state index contributed by atoms with van der Waals surface area (Å²) in [6, 6.07) is 7.64. The molecular formula is C18H31Br2N4O2S+. The van der Waals surface area contributed by atoms with E-state index in [4.69, 9.17) is 10.2 Å². The number of benzene rings is 1.